The first-order valence-corrected chi connectivity index (χ1v) is 9.55. The predicted octanol–water partition coefficient (Wildman–Crippen LogP) is 3.45. The first kappa shape index (κ1) is 20.2. The number of sulfonamides is 1. The standard InChI is InChI=1S/C17H14Cl2N2O4S/c1-25-17(22)9-16(13-4-2-3-5-15(13)19)21-26(23,24)12-6-7-14(18)11(8-12)10-20/h2-8,16,21H,9H2,1H3. The number of methoxy groups -OCH3 is 1. The molecule has 1 unspecified atom stereocenters. The van der Waals surface area contributed by atoms with Crippen LogP contribution in [0.2, 0.25) is 10.0 Å². The molecule has 0 saturated heterocycles. The highest BCUT2D eigenvalue weighted by atomic mass is 35.5. The van der Waals surface area contributed by atoms with Crippen LogP contribution in [0.4, 0.5) is 0 Å². The second-order valence-electron chi connectivity index (χ2n) is 5.23. The predicted molar refractivity (Wildman–Crippen MR) is 97.3 cm³/mol. The number of carbonyl (C=O) groups excluding carboxylic acids is 1. The summed E-state index contributed by atoms with van der Waals surface area (Å²) in [6.45, 7) is 0. The normalized spacial score (nSPS) is 12.2. The van der Waals surface area contributed by atoms with Gasteiger partial charge in [-0.3, -0.25) is 4.79 Å². The maximum atomic E-state index is 12.7. The topological polar surface area (TPSA) is 96.3 Å². The maximum absolute atomic E-state index is 12.7. The molecule has 26 heavy (non-hydrogen) atoms. The Labute approximate surface area is 161 Å². The number of esters is 1. The number of hydrogen-bond acceptors (Lipinski definition) is 5. The molecule has 0 bridgehead atoms. The lowest BCUT2D eigenvalue weighted by atomic mass is 10.1. The fourth-order valence-electron chi connectivity index (χ4n) is 2.24. The van der Waals surface area contributed by atoms with E-state index in [2.05, 4.69) is 9.46 Å². The van der Waals surface area contributed by atoms with Gasteiger partial charge >= 0.3 is 5.97 Å². The summed E-state index contributed by atoms with van der Waals surface area (Å²) in [4.78, 5) is 11.6. The van der Waals surface area contributed by atoms with Gasteiger partial charge in [0.25, 0.3) is 0 Å². The molecule has 2 rings (SSSR count). The van der Waals surface area contributed by atoms with Crippen molar-refractivity contribution in [3.8, 4) is 6.07 Å². The largest absolute Gasteiger partial charge is 0.469 e. The minimum Gasteiger partial charge on any atom is -0.469 e. The number of carbonyl (C=O) groups is 1. The van der Waals surface area contributed by atoms with Crippen molar-refractivity contribution in [2.24, 2.45) is 0 Å². The van der Waals surface area contributed by atoms with Gasteiger partial charge < -0.3 is 4.74 Å². The molecule has 6 nitrogen and oxygen atoms in total. The summed E-state index contributed by atoms with van der Waals surface area (Å²) in [5.41, 5.74) is 0.453. The Morgan fingerprint density at radius 1 is 1.23 bits per heavy atom. The van der Waals surface area contributed by atoms with E-state index >= 15 is 0 Å². The Balaban J connectivity index is 2.42. The number of halogens is 2. The molecule has 0 spiro atoms. The Morgan fingerprint density at radius 2 is 1.92 bits per heavy atom. The summed E-state index contributed by atoms with van der Waals surface area (Å²) in [5, 5.41) is 9.47. The van der Waals surface area contributed by atoms with Gasteiger partial charge in [-0.15, -0.1) is 0 Å². The van der Waals surface area contributed by atoms with Gasteiger partial charge in [0, 0.05) is 5.02 Å². The van der Waals surface area contributed by atoms with Gasteiger partial charge in [0.15, 0.2) is 0 Å². The Bertz CT molecular complexity index is 971. The number of nitrogens with zero attached hydrogens (tertiary/aromatic N) is 1. The van der Waals surface area contributed by atoms with E-state index in [0.717, 1.165) is 6.07 Å². The van der Waals surface area contributed by atoms with Crippen molar-refractivity contribution in [1.82, 2.24) is 4.72 Å². The summed E-state index contributed by atoms with van der Waals surface area (Å²) >= 11 is 12.0. The number of benzene rings is 2. The molecule has 0 amide bonds. The summed E-state index contributed by atoms with van der Waals surface area (Å²) in [6.07, 6.45) is -0.252. The van der Waals surface area contributed by atoms with Crippen LogP contribution >= 0.6 is 23.2 Å². The van der Waals surface area contributed by atoms with Gasteiger partial charge in [-0.25, -0.2) is 13.1 Å². The summed E-state index contributed by atoms with van der Waals surface area (Å²) in [5.74, 6) is -0.605. The third-order valence-electron chi connectivity index (χ3n) is 3.55. The zero-order chi connectivity index (χ0) is 19.3. The van der Waals surface area contributed by atoms with Gasteiger partial charge in [-0.1, -0.05) is 41.4 Å². The first-order chi connectivity index (χ1) is 12.3. The van der Waals surface area contributed by atoms with Gasteiger partial charge in [0.2, 0.25) is 10.0 Å². The van der Waals surface area contributed by atoms with Crippen molar-refractivity contribution in [2.45, 2.75) is 17.4 Å². The van der Waals surface area contributed by atoms with E-state index in [1.54, 1.807) is 24.3 Å². The summed E-state index contributed by atoms with van der Waals surface area (Å²) in [7, 11) is -2.85. The van der Waals surface area contributed by atoms with Crippen molar-refractivity contribution in [1.29, 1.82) is 5.26 Å². The van der Waals surface area contributed by atoms with Crippen LogP contribution in [-0.4, -0.2) is 21.5 Å². The molecule has 1 atom stereocenters. The van der Waals surface area contributed by atoms with Gasteiger partial charge in [-0.2, -0.15) is 5.26 Å². The monoisotopic (exact) mass is 412 g/mol. The quantitative estimate of drug-likeness (QED) is 0.732. The maximum Gasteiger partial charge on any atom is 0.307 e. The molecule has 0 aliphatic carbocycles. The zero-order valence-electron chi connectivity index (χ0n) is 13.6. The molecule has 0 saturated carbocycles. The zero-order valence-corrected chi connectivity index (χ0v) is 15.9. The van der Waals surface area contributed by atoms with Crippen molar-refractivity contribution in [2.75, 3.05) is 7.11 Å². The third-order valence-corrected chi connectivity index (χ3v) is 5.69. The highest BCUT2D eigenvalue weighted by molar-refractivity contribution is 7.89. The van der Waals surface area contributed by atoms with E-state index in [0.29, 0.717) is 10.6 Å². The van der Waals surface area contributed by atoms with Gasteiger partial charge in [0.1, 0.15) is 6.07 Å². The van der Waals surface area contributed by atoms with Crippen LogP contribution in [0.1, 0.15) is 23.6 Å². The second-order valence-corrected chi connectivity index (χ2v) is 7.76. The van der Waals surface area contributed by atoms with Crippen molar-refractivity contribution in [3.63, 3.8) is 0 Å². The van der Waals surface area contributed by atoms with E-state index in [-0.39, 0.29) is 21.9 Å². The number of rotatable bonds is 6. The van der Waals surface area contributed by atoms with Gasteiger partial charge in [0.05, 0.1) is 35.1 Å². The van der Waals surface area contributed by atoms with E-state index in [4.69, 9.17) is 28.5 Å². The van der Waals surface area contributed by atoms with E-state index in [9.17, 15) is 13.2 Å². The van der Waals surface area contributed by atoms with Crippen LogP contribution in [0.15, 0.2) is 47.4 Å². The molecule has 0 aromatic heterocycles. The third kappa shape index (κ3) is 4.74. The molecule has 0 heterocycles. The molecular formula is C17H14Cl2N2O4S. The molecule has 0 radical (unpaired) electrons. The van der Waals surface area contributed by atoms with E-state index < -0.39 is 22.0 Å². The molecule has 0 aliphatic rings. The lowest BCUT2D eigenvalue weighted by Gasteiger charge is -2.19. The lowest BCUT2D eigenvalue weighted by Crippen LogP contribution is -2.31. The summed E-state index contributed by atoms with van der Waals surface area (Å²) in [6, 6.07) is 11.2. The molecule has 1 N–H and O–H groups in total. The molecule has 2 aromatic carbocycles. The number of ether oxygens (including phenoxy) is 1. The van der Waals surface area contributed by atoms with Crippen molar-refractivity contribution < 1.29 is 17.9 Å². The minimum atomic E-state index is -4.05. The Hall–Kier alpha value is -2.11. The fraction of sp³-hybridized carbons (Fsp3) is 0.176. The molecule has 0 fully saturated rings. The fourth-order valence-corrected chi connectivity index (χ4v) is 3.90. The molecule has 9 heteroatoms. The van der Waals surface area contributed by atoms with Crippen molar-refractivity contribution >= 4 is 39.2 Å². The van der Waals surface area contributed by atoms with Crippen LogP contribution in [0, 0.1) is 11.3 Å². The highest BCUT2D eigenvalue weighted by Crippen LogP contribution is 2.28. The van der Waals surface area contributed by atoms with E-state index in [1.807, 2.05) is 6.07 Å². The van der Waals surface area contributed by atoms with Crippen LogP contribution in [0.25, 0.3) is 0 Å². The molecule has 0 aliphatic heterocycles. The van der Waals surface area contributed by atoms with E-state index in [1.165, 1.54) is 19.2 Å². The van der Waals surface area contributed by atoms with Gasteiger partial charge in [-0.05, 0) is 29.8 Å². The Morgan fingerprint density at radius 3 is 2.54 bits per heavy atom. The first-order valence-electron chi connectivity index (χ1n) is 7.31. The summed E-state index contributed by atoms with van der Waals surface area (Å²) < 4.78 is 32.5. The number of nitriles is 1. The SMILES string of the molecule is COC(=O)CC(NS(=O)(=O)c1ccc(Cl)c(C#N)c1)c1ccccc1Cl. The van der Waals surface area contributed by atoms with Crippen LogP contribution < -0.4 is 4.72 Å². The minimum absolute atomic E-state index is 0.0248. The average molecular weight is 413 g/mol. The average Bonchev–Trinajstić information content (AvgIpc) is 2.61. The Kier molecular flexibility index (Phi) is 6.62. The lowest BCUT2D eigenvalue weighted by molar-refractivity contribution is -0.141. The number of nitrogens with one attached hydrogen (secondary N) is 1. The second kappa shape index (κ2) is 8.52. The number of hydrogen-bond donors (Lipinski definition) is 1. The molecule has 136 valence electrons. The van der Waals surface area contributed by atoms with Crippen LogP contribution in [0.3, 0.4) is 0 Å². The van der Waals surface area contributed by atoms with Crippen LogP contribution in [0.5, 0.6) is 0 Å². The molecule has 2 aromatic rings. The smallest absolute Gasteiger partial charge is 0.307 e. The highest BCUT2D eigenvalue weighted by Gasteiger charge is 2.26. The van der Waals surface area contributed by atoms with Crippen LogP contribution in [-0.2, 0) is 19.6 Å². The van der Waals surface area contributed by atoms with Crippen molar-refractivity contribution in [3.05, 3.63) is 63.6 Å². The molecular weight excluding hydrogens is 399 g/mol.